The highest BCUT2D eigenvalue weighted by molar-refractivity contribution is 5.90. The van der Waals surface area contributed by atoms with E-state index in [1.807, 2.05) is 0 Å². The lowest BCUT2D eigenvalue weighted by Crippen LogP contribution is -2.17. The average Bonchev–Trinajstić information content (AvgIpc) is 2.53. The van der Waals surface area contributed by atoms with E-state index in [0.29, 0.717) is 0 Å². The predicted octanol–water partition coefficient (Wildman–Crippen LogP) is 4.68. The molecule has 0 aliphatic carbocycles. The Balaban J connectivity index is 2.44. The summed E-state index contributed by atoms with van der Waals surface area (Å²) in [6.45, 7) is 2.45. The number of carbonyl (C=O) groups is 1. The van der Waals surface area contributed by atoms with Crippen LogP contribution in [0.2, 0.25) is 0 Å². The van der Waals surface area contributed by atoms with Gasteiger partial charge in [0.05, 0.1) is 12.8 Å². The molecule has 0 spiro atoms. The van der Waals surface area contributed by atoms with Crippen molar-refractivity contribution >= 4 is 5.97 Å². The Kier molecular flexibility index (Phi) is 5.48. The van der Waals surface area contributed by atoms with Crippen LogP contribution in [0.5, 0.6) is 23.0 Å². The van der Waals surface area contributed by atoms with E-state index in [1.54, 1.807) is 0 Å². The molecule has 1 aromatic heterocycles. The predicted molar refractivity (Wildman–Crippen MR) is 85.1 cm³/mol. The second-order valence-electron chi connectivity index (χ2n) is 5.81. The van der Waals surface area contributed by atoms with Gasteiger partial charge in [0.1, 0.15) is 22.7 Å². The summed E-state index contributed by atoms with van der Waals surface area (Å²) in [6, 6.07) is 4.09. The van der Waals surface area contributed by atoms with Crippen LogP contribution in [0.25, 0.3) is 0 Å². The number of hydrogen-bond donors (Lipinski definition) is 1. The molecule has 2 rings (SSSR count). The van der Waals surface area contributed by atoms with Gasteiger partial charge in [-0.3, -0.25) is 4.98 Å². The summed E-state index contributed by atoms with van der Waals surface area (Å²) in [4.78, 5) is 15.1. The quantitative estimate of drug-likeness (QED) is 0.723. The molecule has 146 valence electrons. The fourth-order valence-electron chi connectivity index (χ4n) is 2.05. The molecule has 2 aromatic rings. The third-order valence-electron chi connectivity index (χ3n) is 3.29. The number of rotatable bonds is 6. The van der Waals surface area contributed by atoms with Gasteiger partial charge in [0, 0.05) is 18.3 Å². The molecule has 10 heteroatoms. The molecule has 1 N–H and O–H groups in total. The maximum absolute atomic E-state index is 14.1. The van der Waals surface area contributed by atoms with Crippen molar-refractivity contribution in [3.8, 4) is 23.0 Å². The van der Waals surface area contributed by atoms with E-state index in [1.165, 1.54) is 21.0 Å². The fourth-order valence-corrected chi connectivity index (χ4v) is 2.05. The topological polar surface area (TPSA) is 77.9 Å². The van der Waals surface area contributed by atoms with E-state index in [-0.39, 0.29) is 28.5 Å². The minimum absolute atomic E-state index is 0.0847. The van der Waals surface area contributed by atoms with Gasteiger partial charge in [0.15, 0.2) is 11.5 Å². The van der Waals surface area contributed by atoms with Gasteiger partial charge in [0.2, 0.25) is 0 Å². The van der Waals surface area contributed by atoms with E-state index in [9.17, 15) is 27.5 Å². The lowest BCUT2D eigenvalue weighted by molar-refractivity contribution is -0.274. The Labute approximate surface area is 151 Å². The van der Waals surface area contributed by atoms with Crippen LogP contribution in [0.15, 0.2) is 30.5 Å². The molecular formula is C17H15F4NO5. The highest BCUT2D eigenvalue weighted by atomic mass is 19.4. The molecule has 6 nitrogen and oxygen atoms in total. The van der Waals surface area contributed by atoms with E-state index in [4.69, 9.17) is 9.47 Å². The summed E-state index contributed by atoms with van der Waals surface area (Å²) >= 11 is 0. The maximum atomic E-state index is 14.1. The number of hydrogen-bond acceptors (Lipinski definition) is 5. The lowest BCUT2D eigenvalue weighted by atomic mass is 10.1. The summed E-state index contributed by atoms with van der Waals surface area (Å²) in [5, 5.41) is 9.25. The van der Waals surface area contributed by atoms with Crippen molar-refractivity contribution in [1.82, 2.24) is 4.98 Å². The molecule has 0 atom stereocenters. The molecule has 0 aliphatic rings. The van der Waals surface area contributed by atoms with Gasteiger partial charge in [-0.1, -0.05) is 0 Å². The summed E-state index contributed by atoms with van der Waals surface area (Å²) in [7, 11) is 1.18. The largest absolute Gasteiger partial charge is 0.573 e. The van der Waals surface area contributed by atoms with Crippen LogP contribution >= 0.6 is 0 Å². The number of methoxy groups -OCH3 is 1. The number of halogens is 4. The maximum Gasteiger partial charge on any atom is 0.573 e. The Morgan fingerprint density at radius 1 is 1.07 bits per heavy atom. The number of nitrogens with zero attached hydrogens (tertiary/aromatic N) is 1. The number of alkyl halides is 4. The van der Waals surface area contributed by atoms with Crippen LogP contribution in [0.4, 0.5) is 17.6 Å². The fraction of sp³-hybridized carbons (Fsp3) is 0.294. The van der Waals surface area contributed by atoms with Gasteiger partial charge in [-0.15, -0.1) is 13.2 Å². The Morgan fingerprint density at radius 2 is 1.74 bits per heavy atom. The van der Waals surface area contributed by atoms with Gasteiger partial charge in [-0.25, -0.2) is 9.18 Å². The normalized spacial score (nSPS) is 11.8. The van der Waals surface area contributed by atoms with Crippen molar-refractivity contribution in [1.29, 1.82) is 0 Å². The summed E-state index contributed by atoms with van der Waals surface area (Å²) in [6.07, 6.45) is -3.96. The summed E-state index contributed by atoms with van der Waals surface area (Å²) < 4.78 is 65.3. The minimum Gasteiger partial charge on any atom is -0.493 e. The van der Waals surface area contributed by atoms with Crippen LogP contribution in [-0.2, 0) is 5.67 Å². The minimum atomic E-state index is -4.89. The number of carboxylic acid groups (broad SMARTS) is 1. The third-order valence-corrected chi connectivity index (χ3v) is 3.29. The molecule has 0 bridgehead atoms. The van der Waals surface area contributed by atoms with Crippen molar-refractivity contribution in [3.05, 3.63) is 41.7 Å². The second-order valence-corrected chi connectivity index (χ2v) is 5.81. The zero-order chi connectivity index (χ0) is 20.4. The number of aromatic nitrogens is 1. The van der Waals surface area contributed by atoms with E-state index in [2.05, 4.69) is 9.72 Å². The highest BCUT2D eigenvalue weighted by Gasteiger charge is 2.31. The zero-order valence-corrected chi connectivity index (χ0v) is 14.4. The SMILES string of the molecule is COc1cc(OC(F)(F)F)ccc1Oc1cc(C(C)(C)F)ncc1C(=O)O. The first-order valence-electron chi connectivity index (χ1n) is 7.45. The Hall–Kier alpha value is -3.04. The van der Waals surface area contributed by atoms with E-state index in [0.717, 1.165) is 30.5 Å². The molecule has 0 saturated heterocycles. The molecule has 0 saturated carbocycles. The number of aromatic carboxylic acids is 1. The standard InChI is InChI=1S/C17H15F4NO5/c1-16(2,18)14-7-12(10(8-22-14)15(23)24)26-11-5-4-9(6-13(11)25-3)27-17(19,20)21/h4-8H,1-3H3,(H,23,24). The van der Waals surface area contributed by atoms with Gasteiger partial charge >= 0.3 is 12.3 Å². The third kappa shape index (κ3) is 5.22. The smallest absolute Gasteiger partial charge is 0.493 e. The zero-order valence-electron chi connectivity index (χ0n) is 14.4. The number of pyridine rings is 1. The summed E-state index contributed by atoms with van der Waals surface area (Å²) in [5.74, 6) is -2.42. The van der Waals surface area contributed by atoms with Crippen LogP contribution in [0, 0.1) is 0 Å². The van der Waals surface area contributed by atoms with Crippen molar-refractivity contribution in [2.24, 2.45) is 0 Å². The highest BCUT2D eigenvalue weighted by Crippen LogP contribution is 2.38. The van der Waals surface area contributed by atoms with E-state index < -0.39 is 23.7 Å². The van der Waals surface area contributed by atoms with Crippen molar-refractivity contribution in [3.63, 3.8) is 0 Å². The number of ether oxygens (including phenoxy) is 3. The monoisotopic (exact) mass is 389 g/mol. The first-order chi connectivity index (χ1) is 12.4. The van der Waals surface area contributed by atoms with Crippen molar-refractivity contribution in [2.75, 3.05) is 7.11 Å². The Morgan fingerprint density at radius 3 is 2.26 bits per heavy atom. The van der Waals surface area contributed by atoms with Gasteiger partial charge in [-0.05, 0) is 26.0 Å². The molecular weight excluding hydrogens is 374 g/mol. The molecule has 0 aliphatic heterocycles. The van der Waals surface area contributed by atoms with Gasteiger partial charge < -0.3 is 19.3 Å². The molecule has 0 fully saturated rings. The van der Waals surface area contributed by atoms with E-state index >= 15 is 0 Å². The molecule has 1 aromatic carbocycles. The van der Waals surface area contributed by atoms with Gasteiger partial charge in [-0.2, -0.15) is 0 Å². The summed E-state index contributed by atoms with van der Waals surface area (Å²) in [5.41, 5.74) is -2.32. The molecule has 27 heavy (non-hydrogen) atoms. The first-order valence-corrected chi connectivity index (χ1v) is 7.45. The van der Waals surface area contributed by atoms with Crippen LogP contribution in [-0.4, -0.2) is 29.5 Å². The molecule has 0 unspecified atom stereocenters. The average molecular weight is 389 g/mol. The van der Waals surface area contributed by atoms with Crippen molar-refractivity contribution < 1.29 is 41.7 Å². The number of benzene rings is 1. The van der Waals surface area contributed by atoms with Gasteiger partial charge in [0.25, 0.3) is 0 Å². The van der Waals surface area contributed by atoms with Crippen molar-refractivity contribution in [2.45, 2.75) is 25.9 Å². The molecule has 0 amide bonds. The van der Waals surface area contributed by atoms with Crippen LogP contribution in [0.1, 0.15) is 29.9 Å². The van der Waals surface area contributed by atoms with Crippen LogP contribution < -0.4 is 14.2 Å². The first kappa shape index (κ1) is 20.3. The molecule has 1 heterocycles. The second kappa shape index (κ2) is 7.29. The number of carboxylic acids is 1. The Bertz CT molecular complexity index is 846. The van der Waals surface area contributed by atoms with Crippen LogP contribution in [0.3, 0.4) is 0 Å². The lowest BCUT2D eigenvalue weighted by Gasteiger charge is -2.17. The molecule has 0 radical (unpaired) electrons.